The summed E-state index contributed by atoms with van der Waals surface area (Å²) < 4.78 is 26.1. The Morgan fingerprint density at radius 3 is 2.62 bits per heavy atom. The van der Waals surface area contributed by atoms with Crippen LogP contribution in [0.25, 0.3) is 0 Å². The molecule has 1 N–H and O–H groups in total. The quantitative estimate of drug-likeness (QED) is 0.817. The maximum absolute atomic E-state index is 13.3. The molecule has 0 radical (unpaired) electrons. The minimum Gasteiger partial charge on any atom is -0.310 e. The third kappa shape index (κ3) is 4.58. The lowest BCUT2D eigenvalue weighted by molar-refractivity contribution is 0.499. The van der Waals surface area contributed by atoms with Crippen molar-refractivity contribution in [1.29, 1.82) is 0 Å². The monoisotopic (exact) mass is 291 g/mol. The molecule has 0 spiro atoms. The Morgan fingerprint density at radius 2 is 2.00 bits per heavy atom. The van der Waals surface area contributed by atoms with Crippen LogP contribution in [0.4, 0.5) is 8.78 Å². The molecule has 2 atom stereocenters. The van der Waals surface area contributed by atoms with Crippen LogP contribution < -0.4 is 5.32 Å². The van der Waals surface area contributed by atoms with Gasteiger partial charge in [0.25, 0.3) is 0 Å². The fourth-order valence-electron chi connectivity index (χ4n) is 1.53. The van der Waals surface area contributed by atoms with E-state index < -0.39 is 5.82 Å². The predicted octanol–water partition coefficient (Wildman–Crippen LogP) is 3.62. The normalized spacial score (nSPS) is 14.8. The van der Waals surface area contributed by atoms with Crippen LogP contribution in [0, 0.1) is 11.6 Å². The Morgan fingerprint density at radius 1 is 1.31 bits per heavy atom. The van der Waals surface area contributed by atoms with Crippen LogP contribution in [-0.2, 0) is 6.54 Å². The van der Waals surface area contributed by atoms with Crippen LogP contribution in [0.2, 0.25) is 0 Å². The van der Waals surface area contributed by atoms with Crippen molar-refractivity contribution < 1.29 is 8.78 Å². The molecule has 0 aliphatic rings. The Kier molecular flexibility index (Phi) is 5.35. The van der Waals surface area contributed by atoms with Crippen molar-refractivity contribution in [2.24, 2.45) is 0 Å². The highest BCUT2D eigenvalue weighted by molar-refractivity contribution is 9.09. The van der Waals surface area contributed by atoms with Gasteiger partial charge in [-0.15, -0.1) is 0 Å². The molecule has 0 heterocycles. The zero-order valence-corrected chi connectivity index (χ0v) is 11.0. The summed E-state index contributed by atoms with van der Waals surface area (Å²) in [6.45, 7) is 4.43. The van der Waals surface area contributed by atoms with Crippen molar-refractivity contribution in [3.63, 3.8) is 0 Å². The fraction of sp³-hybridized carbons (Fsp3) is 0.500. The standard InChI is InChI=1S/C12H16BrF2N/c1-8(13)5-9(2)16-7-10-6-11(14)3-4-12(10)15/h3-4,6,8-9,16H,5,7H2,1-2H3. The Labute approximate surface area is 103 Å². The lowest BCUT2D eigenvalue weighted by Gasteiger charge is -2.15. The first-order chi connectivity index (χ1) is 7.49. The van der Waals surface area contributed by atoms with Crippen molar-refractivity contribution in [2.75, 3.05) is 0 Å². The zero-order chi connectivity index (χ0) is 12.1. The second-order valence-electron chi connectivity index (χ2n) is 4.03. The molecule has 0 aliphatic heterocycles. The van der Waals surface area contributed by atoms with Crippen molar-refractivity contribution in [3.05, 3.63) is 35.4 Å². The van der Waals surface area contributed by atoms with Crippen LogP contribution in [0.1, 0.15) is 25.8 Å². The van der Waals surface area contributed by atoms with Gasteiger partial charge in [0.05, 0.1) is 0 Å². The third-order valence-corrected chi connectivity index (χ3v) is 2.70. The number of nitrogens with one attached hydrogen (secondary N) is 1. The molecule has 0 bridgehead atoms. The highest BCUT2D eigenvalue weighted by Crippen LogP contribution is 2.11. The summed E-state index contributed by atoms with van der Waals surface area (Å²) in [5.41, 5.74) is 0.370. The summed E-state index contributed by atoms with van der Waals surface area (Å²) in [6.07, 6.45) is 0.941. The molecule has 0 aromatic heterocycles. The Hall–Kier alpha value is -0.480. The van der Waals surface area contributed by atoms with Gasteiger partial charge >= 0.3 is 0 Å². The molecule has 2 unspecified atom stereocenters. The highest BCUT2D eigenvalue weighted by atomic mass is 79.9. The lowest BCUT2D eigenvalue weighted by atomic mass is 10.1. The van der Waals surface area contributed by atoms with Crippen molar-refractivity contribution in [3.8, 4) is 0 Å². The maximum Gasteiger partial charge on any atom is 0.127 e. The first kappa shape index (κ1) is 13.6. The summed E-state index contributed by atoms with van der Waals surface area (Å²) in [5.74, 6) is -0.771. The van der Waals surface area contributed by atoms with Gasteiger partial charge in [0.15, 0.2) is 0 Å². The van der Waals surface area contributed by atoms with E-state index in [0.717, 1.165) is 18.6 Å². The largest absolute Gasteiger partial charge is 0.310 e. The number of hydrogen-bond acceptors (Lipinski definition) is 1. The number of rotatable bonds is 5. The minimum atomic E-state index is -0.403. The van der Waals surface area contributed by atoms with Gasteiger partial charge in [-0.25, -0.2) is 8.78 Å². The number of alkyl halides is 1. The van der Waals surface area contributed by atoms with Gasteiger partial charge < -0.3 is 5.32 Å². The van der Waals surface area contributed by atoms with E-state index in [1.54, 1.807) is 0 Å². The molecule has 0 fully saturated rings. The van der Waals surface area contributed by atoms with Crippen molar-refractivity contribution in [2.45, 2.75) is 37.7 Å². The molecule has 1 aromatic carbocycles. The van der Waals surface area contributed by atoms with Crippen LogP contribution in [0.15, 0.2) is 18.2 Å². The SMILES string of the molecule is CC(Br)CC(C)NCc1cc(F)ccc1F. The average Bonchev–Trinajstić information content (AvgIpc) is 2.18. The molecule has 1 rings (SSSR count). The van der Waals surface area contributed by atoms with E-state index in [-0.39, 0.29) is 11.9 Å². The first-order valence-electron chi connectivity index (χ1n) is 5.30. The second kappa shape index (κ2) is 6.30. The molecule has 90 valence electrons. The molecule has 1 nitrogen and oxygen atoms in total. The van der Waals surface area contributed by atoms with Gasteiger partial charge in [-0.1, -0.05) is 22.9 Å². The van der Waals surface area contributed by atoms with E-state index in [9.17, 15) is 8.78 Å². The van der Waals surface area contributed by atoms with E-state index in [1.165, 1.54) is 6.07 Å². The summed E-state index contributed by atoms with van der Waals surface area (Å²) >= 11 is 3.45. The predicted molar refractivity (Wildman–Crippen MR) is 65.7 cm³/mol. The molecular formula is C12H16BrF2N. The van der Waals surface area contributed by atoms with Crippen LogP contribution in [0.3, 0.4) is 0 Å². The van der Waals surface area contributed by atoms with E-state index in [1.807, 2.05) is 6.92 Å². The number of halogens is 3. The van der Waals surface area contributed by atoms with Gasteiger partial charge in [0.1, 0.15) is 11.6 Å². The summed E-state index contributed by atoms with van der Waals surface area (Å²) in [5, 5.41) is 3.16. The van der Waals surface area contributed by atoms with Gasteiger partial charge in [0.2, 0.25) is 0 Å². The van der Waals surface area contributed by atoms with E-state index in [4.69, 9.17) is 0 Å². The zero-order valence-electron chi connectivity index (χ0n) is 9.43. The summed E-state index contributed by atoms with van der Waals surface area (Å²) in [7, 11) is 0. The molecular weight excluding hydrogens is 276 g/mol. The Bertz CT molecular complexity index is 342. The summed E-state index contributed by atoms with van der Waals surface area (Å²) in [4.78, 5) is 0.410. The Balaban J connectivity index is 2.51. The lowest BCUT2D eigenvalue weighted by Crippen LogP contribution is -2.27. The molecule has 1 aromatic rings. The number of hydrogen-bond donors (Lipinski definition) is 1. The molecule has 0 aliphatic carbocycles. The highest BCUT2D eigenvalue weighted by Gasteiger charge is 2.08. The summed E-state index contributed by atoms with van der Waals surface area (Å²) in [6, 6.07) is 3.77. The average molecular weight is 292 g/mol. The molecule has 4 heteroatoms. The van der Waals surface area contributed by atoms with Crippen molar-refractivity contribution >= 4 is 15.9 Å². The molecule has 0 saturated heterocycles. The molecule has 0 amide bonds. The van der Waals surface area contributed by atoms with E-state index in [0.29, 0.717) is 16.9 Å². The second-order valence-corrected chi connectivity index (χ2v) is 5.60. The van der Waals surface area contributed by atoms with Gasteiger partial charge in [0, 0.05) is 23.0 Å². The van der Waals surface area contributed by atoms with Gasteiger partial charge in [-0.2, -0.15) is 0 Å². The van der Waals surface area contributed by atoms with Crippen LogP contribution >= 0.6 is 15.9 Å². The third-order valence-electron chi connectivity index (χ3n) is 2.33. The first-order valence-corrected chi connectivity index (χ1v) is 6.22. The number of benzene rings is 1. The molecule has 0 saturated carbocycles. The topological polar surface area (TPSA) is 12.0 Å². The van der Waals surface area contributed by atoms with Crippen molar-refractivity contribution in [1.82, 2.24) is 5.32 Å². The van der Waals surface area contributed by atoms with Gasteiger partial charge in [-0.05, 0) is 31.5 Å². The minimum absolute atomic E-state index is 0.261. The van der Waals surface area contributed by atoms with E-state index >= 15 is 0 Å². The van der Waals surface area contributed by atoms with Crippen LogP contribution in [-0.4, -0.2) is 10.9 Å². The molecule has 16 heavy (non-hydrogen) atoms. The fourth-order valence-corrected chi connectivity index (χ4v) is 2.09. The van der Waals surface area contributed by atoms with Crippen LogP contribution in [0.5, 0.6) is 0 Å². The maximum atomic E-state index is 13.3. The smallest absolute Gasteiger partial charge is 0.127 e. The van der Waals surface area contributed by atoms with E-state index in [2.05, 4.69) is 28.2 Å². The van der Waals surface area contributed by atoms with Gasteiger partial charge in [-0.3, -0.25) is 0 Å².